The first-order valence-electron chi connectivity index (χ1n) is 9.48. The summed E-state index contributed by atoms with van der Waals surface area (Å²) in [6, 6.07) is 14.2. The van der Waals surface area contributed by atoms with Gasteiger partial charge in [-0.05, 0) is 62.3 Å². The molecule has 7 heteroatoms. The van der Waals surface area contributed by atoms with Crippen molar-refractivity contribution >= 4 is 15.9 Å². The van der Waals surface area contributed by atoms with Gasteiger partial charge in [-0.2, -0.15) is 4.31 Å². The Morgan fingerprint density at radius 3 is 2.21 bits per heavy atom. The van der Waals surface area contributed by atoms with Crippen LogP contribution in [0.4, 0.5) is 0 Å². The summed E-state index contributed by atoms with van der Waals surface area (Å²) in [4.78, 5) is 14.8. The van der Waals surface area contributed by atoms with Crippen LogP contribution in [0.1, 0.15) is 34.3 Å². The molecule has 1 fully saturated rings. The Kier molecular flexibility index (Phi) is 6.49. The summed E-state index contributed by atoms with van der Waals surface area (Å²) in [5, 5.41) is 2.92. The largest absolute Gasteiger partial charge is 0.348 e. The molecule has 1 aliphatic rings. The monoisotopic (exact) mass is 401 g/mol. The molecule has 0 spiro atoms. The molecule has 2 aromatic carbocycles. The van der Waals surface area contributed by atoms with Crippen LogP contribution in [-0.4, -0.2) is 50.7 Å². The van der Waals surface area contributed by atoms with Crippen molar-refractivity contribution in [1.29, 1.82) is 0 Å². The maximum atomic E-state index is 12.6. The first-order valence-corrected chi connectivity index (χ1v) is 10.9. The fourth-order valence-corrected chi connectivity index (χ4v) is 4.88. The van der Waals surface area contributed by atoms with Crippen molar-refractivity contribution in [2.45, 2.75) is 30.8 Å². The van der Waals surface area contributed by atoms with Gasteiger partial charge in [0.05, 0.1) is 4.90 Å². The second-order valence-corrected chi connectivity index (χ2v) is 9.26. The maximum absolute atomic E-state index is 12.6. The van der Waals surface area contributed by atoms with Crippen LogP contribution in [0.2, 0.25) is 0 Å². The molecule has 1 N–H and O–H groups in total. The topological polar surface area (TPSA) is 69.7 Å². The van der Waals surface area contributed by atoms with Crippen LogP contribution in [-0.2, 0) is 23.1 Å². The molecule has 2 aromatic rings. The third-order valence-corrected chi connectivity index (χ3v) is 6.78. The molecule has 1 heterocycles. The summed E-state index contributed by atoms with van der Waals surface area (Å²) in [6.45, 7) is 2.36. The predicted molar refractivity (Wildman–Crippen MR) is 109 cm³/mol. The van der Waals surface area contributed by atoms with Gasteiger partial charge in [0.15, 0.2) is 0 Å². The van der Waals surface area contributed by atoms with E-state index in [9.17, 15) is 13.2 Å². The molecule has 1 amide bonds. The number of nitrogens with zero attached hydrogens (tertiary/aromatic N) is 2. The van der Waals surface area contributed by atoms with Gasteiger partial charge in [0.2, 0.25) is 10.0 Å². The van der Waals surface area contributed by atoms with Gasteiger partial charge in [0, 0.05) is 31.7 Å². The Morgan fingerprint density at radius 1 is 1.00 bits per heavy atom. The number of rotatable bonds is 7. The second-order valence-electron chi connectivity index (χ2n) is 7.32. The SMILES string of the molecule is CN(C)Cc1ccccc1CNC(=O)c1ccc(S(=O)(=O)N2CCCC2)cc1. The molecule has 1 saturated heterocycles. The Labute approximate surface area is 167 Å². The van der Waals surface area contributed by atoms with Crippen LogP contribution < -0.4 is 5.32 Å². The van der Waals surface area contributed by atoms with E-state index < -0.39 is 10.0 Å². The van der Waals surface area contributed by atoms with Gasteiger partial charge >= 0.3 is 0 Å². The first-order chi connectivity index (χ1) is 13.4. The molecular formula is C21H27N3O3S. The number of nitrogens with one attached hydrogen (secondary N) is 1. The molecule has 150 valence electrons. The summed E-state index contributed by atoms with van der Waals surface area (Å²) >= 11 is 0. The number of sulfonamides is 1. The molecule has 0 aliphatic carbocycles. The van der Waals surface area contributed by atoms with Gasteiger partial charge in [-0.3, -0.25) is 4.79 Å². The van der Waals surface area contributed by atoms with Crippen molar-refractivity contribution in [3.63, 3.8) is 0 Å². The van der Waals surface area contributed by atoms with E-state index in [0.717, 1.165) is 24.9 Å². The van der Waals surface area contributed by atoms with E-state index in [0.29, 0.717) is 25.2 Å². The zero-order chi connectivity index (χ0) is 20.1. The summed E-state index contributed by atoms with van der Waals surface area (Å²) in [5.74, 6) is -0.218. The average molecular weight is 402 g/mol. The van der Waals surface area contributed by atoms with Crippen LogP contribution in [0.15, 0.2) is 53.4 Å². The van der Waals surface area contributed by atoms with Crippen LogP contribution in [0.5, 0.6) is 0 Å². The van der Waals surface area contributed by atoms with E-state index in [1.54, 1.807) is 12.1 Å². The van der Waals surface area contributed by atoms with E-state index in [1.807, 2.05) is 32.3 Å². The number of carbonyl (C=O) groups excluding carboxylic acids is 1. The Hall–Kier alpha value is -2.22. The summed E-state index contributed by atoms with van der Waals surface area (Å²) < 4.78 is 26.7. The molecule has 0 unspecified atom stereocenters. The van der Waals surface area contributed by atoms with E-state index in [4.69, 9.17) is 0 Å². The molecule has 0 aromatic heterocycles. The Bertz CT molecular complexity index is 918. The van der Waals surface area contributed by atoms with Crippen molar-refractivity contribution in [3.05, 3.63) is 65.2 Å². The minimum absolute atomic E-state index is 0.218. The highest BCUT2D eigenvalue weighted by molar-refractivity contribution is 7.89. The van der Waals surface area contributed by atoms with Gasteiger partial charge in [-0.25, -0.2) is 8.42 Å². The van der Waals surface area contributed by atoms with E-state index in [-0.39, 0.29) is 10.8 Å². The lowest BCUT2D eigenvalue weighted by atomic mass is 10.1. The molecule has 1 aliphatic heterocycles. The third kappa shape index (κ3) is 4.79. The molecule has 28 heavy (non-hydrogen) atoms. The molecule has 0 bridgehead atoms. The Balaban J connectivity index is 1.66. The van der Waals surface area contributed by atoms with Crippen LogP contribution in [0.25, 0.3) is 0 Å². The van der Waals surface area contributed by atoms with E-state index in [1.165, 1.54) is 22.0 Å². The van der Waals surface area contributed by atoms with Gasteiger partial charge in [-0.1, -0.05) is 24.3 Å². The zero-order valence-corrected chi connectivity index (χ0v) is 17.2. The number of benzene rings is 2. The zero-order valence-electron chi connectivity index (χ0n) is 16.4. The standard InChI is InChI=1S/C21H27N3O3S/c1-23(2)16-19-8-4-3-7-18(19)15-22-21(25)17-9-11-20(12-10-17)28(26,27)24-13-5-6-14-24/h3-4,7-12H,5-6,13-16H2,1-2H3,(H,22,25). The smallest absolute Gasteiger partial charge is 0.251 e. The summed E-state index contributed by atoms with van der Waals surface area (Å²) in [6.07, 6.45) is 1.80. The van der Waals surface area contributed by atoms with E-state index >= 15 is 0 Å². The van der Waals surface area contributed by atoms with Crippen LogP contribution in [0.3, 0.4) is 0 Å². The lowest BCUT2D eigenvalue weighted by Gasteiger charge is -2.16. The maximum Gasteiger partial charge on any atom is 0.251 e. The average Bonchev–Trinajstić information content (AvgIpc) is 3.22. The second kappa shape index (κ2) is 8.86. The van der Waals surface area contributed by atoms with Gasteiger partial charge in [0.25, 0.3) is 5.91 Å². The lowest BCUT2D eigenvalue weighted by Crippen LogP contribution is -2.28. The lowest BCUT2D eigenvalue weighted by molar-refractivity contribution is 0.0950. The highest BCUT2D eigenvalue weighted by Gasteiger charge is 2.27. The van der Waals surface area contributed by atoms with Gasteiger partial charge < -0.3 is 10.2 Å². The normalized spacial score (nSPS) is 15.1. The molecular weight excluding hydrogens is 374 g/mol. The van der Waals surface area contributed by atoms with E-state index in [2.05, 4.69) is 16.3 Å². The minimum atomic E-state index is -3.46. The third-order valence-electron chi connectivity index (χ3n) is 4.86. The molecule has 6 nitrogen and oxygen atoms in total. The van der Waals surface area contributed by atoms with Crippen LogP contribution >= 0.6 is 0 Å². The van der Waals surface area contributed by atoms with Crippen molar-refractivity contribution in [2.24, 2.45) is 0 Å². The van der Waals surface area contributed by atoms with Crippen molar-refractivity contribution in [3.8, 4) is 0 Å². The highest BCUT2D eigenvalue weighted by atomic mass is 32.2. The molecule has 0 saturated carbocycles. The highest BCUT2D eigenvalue weighted by Crippen LogP contribution is 2.21. The Morgan fingerprint density at radius 2 is 1.61 bits per heavy atom. The van der Waals surface area contributed by atoms with Crippen molar-refractivity contribution in [2.75, 3.05) is 27.2 Å². The van der Waals surface area contributed by atoms with Crippen molar-refractivity contribution in [1.82, 2.24) is 14.5 Å². The van der Waals surface area contributed by atoms with Crippen LogP contribution in [0, 0.1) is 0 Å². The fourth-order valence-electron chi connectivity index (χ4n) is 3.36. The molecule has 0 atom stereocenters. The fraction of sp³-hybridized carbons (Fsp3) is 0.381. The number of amides is 1. The van der Waals surface area contributed by atoms with Gasteiger partial charge in [0.1, 0.15) is 0 Å². The quantitative estimate of drug-likeness (QED) is 0.774. The summed E-state index contributed by atoms with van der Waals surface area (Å²) in [7, 11) is 0.557. The van der Waals surface area contributed by atoms with Crippen molar-refractivity contribution < 1.29 is 13.2 Å². The number of hydrogen-bond donors (Lipinski definition) is 1. The molecule has 0 radical (unpaired) electrons. The predicted octanol–water partition coefficient (Wildman–Crippen LogP) is 2.46. The first kappa shape index (κ1) is 20.5. The minimum Gasteiger partial charge on any atom is -0.348 e. The number of carbonyl (C=O) groups is 1. The van der Waals surface area contributed by atoms with Gasteiger partial charge in [-0.15, -0.1) is 0 Å². The summed E-state index contributed by atoms with van der Waals surface area (Å²) in [5.41, 5.74) is 2.68. The number of hydrogen-bond acceptors (Lipinski definition) is 4. The molecule has 3 rings (SSSR count).